The predicted molar refractivity (Wildman–Crippen MR) is 80.7 cm³/mol. The lowest BCUT2D eigenvalue weighted by Gasteiger charge is -2.17. The third-order valence-corrected chi connectivity index (χ3v) is 3.65. The van der Waals surface area contributed by atoms with Crippen molar-refractivity contribution in [3.05, 3.63) is 36.7 Å². The number of nitrogens with zero attached hydrogens (tertiary/aromatic N) is 2. The third-order valence-electron chi connectivity index (χ3n) is 3.65. The second-order valence-electron chi connectivity index (χ2n) is 5.08. The van der Waals surface area contributed by atoms with Crippen LogP contribution in [0.5, 0.6) is 5.75 Å². The molecule has 1 aliphatic heterocycles. The first kappa shape index (κ1) is 14.1. The minimum atomic E-state index is -0.371. The Kier molecular flexibility index (Phi) is 3.78. The highest BCUT2D eigenvalue weighted by atomic mass is 16.5. The molecular weight excluding hydrogens is 284 g/mol. The van der Waals surface area contributed by atoms with E-state index >= 15 is 0 Å². The highest BCUT2D eigenvalue weighted by Gasteiger charge is 2.35. The van der Waals surface area contributed by atoms with Crippen LogP contribution in [0.15, 0.2) is 36.7 Å². The van der Waals surface area contributed by atoms with E-state index < -0.39 is 0 Å². The molecule has 1 saturated heterocycles. The molecular formula is C15H16N4O3. The Hall–Kier alpha value is -2.83. The average molecular weight is 300 g/mol. The largest absolute Gasteiger partial charge is 0.497 e. The lowest BCUT2D eigenvalue weighted by atomic mass is 10.1. The number of carbonyl (C=O) groups excluding carboxylic acids is 2. The van der Waals surface area contributed by atoms with E-state index in [-0.39, 0.29) is 24.2 Å². The molecule has 1 aromatic heterocycles. The number of aromatic amines is 1. The van der Waals surface area contributed by atoms with E-state index in [0.717, 1.165) is 11.4 Å². The van der Waals surface area contributed by atoms with Gasteiger partial charge in [-0.25, -0.2) is 0 Å². The number of aromatic nitrogens is 2. The highest BCUT2D eigenvalue weighted by molar-refractivity contribution is 6.03. The van der Waals surface area contributed by atoms with E-state index in [4.69, 9.17) is 4.74 Å². The number of benzene rings is 1. The number of hydrogen-bond acceptors (Lipinski definition) is 4. The molecule has 1 atom stereocenters. The molecule has 0 unspecified atom stereocenters. The Balaban J connectivity index is 1.68. The maximum Gasteiger partial charge on any atom is 0.229 e. The number of nitrogens with one attached hydrogen (secondary N) is 2. The zero-order valence-corrected chi connectivity index (χ0v) is 12.1. The van der Waals surface area contributed by atoms with Gasteiger partial charge >= 0.3 is 0 Å². The van der Waals surface area contributed by atoms with Crippen LogP contribution in [0.4, 0.5) is 11.4 Å². The standard InChI is InChI=1S/C15H16N4O3/c1-22-13-4-2-12(3-5-13)19-9-10(6-14(19)20)15(21)18-11-7-16-17-8-11/h2-5,7-8,10H,6,9H2,1H3,(H,16,17)(H,18,21)/t10-/m0/s1. The Labute approximate surface area is 127 Å². The molecule has 22 heavy (non-hydrogen) atoms. The summed E-state index contributed by atoms with van der Waals surface area (Å²) < 4.78 is 5.10. The molecule has 0 bridgehead atoms. The summed E-state index contributed by atoms with van der Waals surface area (Å²) in [5.74, 6) is 0.123. The van der Waals surface area contributed by atoms with Crippen molar-refractivity contribution < 1.29 is 14.3 Å². The number of methoxy groups -OCH3 is 1. The van der Waals surface area contributed by atoms with Crippen LogP contribution in [0, 0.1) is 5.92 Å². The minimum absolute atomic E-state index is 0.0579. The number of carbonyl (C=O) groups is 2. The van der Waals surface area contributed by atoms with Gasteiger partial charge < -0.3 is 15.0 Å². The van der Waals surface area contributed by atoms with Crippen LogP contribution in [0.2, 0.25) is 0 Å². The first-order valence-electron chi connectivity index (χ1n) is 6.91. The van der Waals surface area contributed by atoms with Crippen molar-refractivity contribution in [3.63, 3.8) is 0 Å². The van der Waals surface area contributed by atoms with Crippen LogP contribution in [0.25, 0.3) is 0 Å². The summed E-state index contributed by atoms with van der Waals surface area (Å²) in [7, 11) is 1.59. The van der Waals surface area contributed by atoms with Crippen LogP contribution >= 0.6 is 0 Å². The first-order valence-corrected chi connectivity index (χ1v) is 6.91. The van der Waals surface area contributed by atoms with E-state index in [1.54, 1.807) is 30.3 Å². The summed E-state index contributed by atoms with van der Waals surface area (Å²) in [6.07, 6.45) is 3.32. The predicted octanol–water partition coefficient (Wildman–Crippen LogP) is 1.41. The maximum absolute atomic E-state index is 12.2. The van der Waals surface area contributed by atoms with E-state index in [1.165, 1.54) is 6.20 Å². The second-order valence-corrected chi connectivity index (χ2v) is 5.08. The molecule has 7 heteroatoms. The Morgan fingerprint density at radius 2 is 2.18 bits per heavy atom. The van der Waals surface area contributed by atoms with Gasteiger partial charge in [-0.05, 0) is 24.3 Å². The van der Waals surface area contributed by atoms with E-state index in [2.05, 4.69) is 15.5 Å². The van der Waals surface area contributed by atoms with Crippen LogP contribution < -0.4 is 15.0 Å². The zero-order chi connectivity index (χ0) is 15.5. The van der Waals surface area contributed by atoms with Gasteiger partial charge in [-0.2, -0.15) is 5.10 Å². The van der Waals surface area contributed by atoms with Crippen molar-refractivity contribution in [2.75, 3.05) is 23.9 Å². The molecule has 3 rings (SSSR count). The van der Waals surface area contributed by atoms with Gasteiger partial charge in [0.25, 0.3) is 0 Å². The molecule has 1 fully saturated rings. The molecule has 0 spiro atoms. The number of rotatable bonds is 4. The smallest absolute Gasteiger partial charge is 0.229 e. The summed E-state index contributed by atoms with van der Waals surface area (Å²) >= 11 is 0. The van der Waals surface area contributed by atoms with Crippen molar-refractivity contribution in [1.82, 2.24) is 10.2 Å². The monoisotopic (exact) mass is 300 g/mol. The SMILES string of the molecule is COc1ccc(N2C[C@@H](C(=O)Nc3cn[nH]c3)CC2=O)cc1. The van der Waals surface area contributed by atoms with Gasteiger partial charge in [-0.15, -0.1) is 0 Å². The number of amides is 2. The topological polar surface area (TPSA) is 87.3 Å². The van der Waals surface area contributed by atoms with E-state index in [0.29, 0.717) is 12.2 Å². The molecule has 2 amide bonds. The highest BCUT2D eigenvalue weighted by Crippen LogP contribution is 2.27. The summed E-state index contributed by atoms with van der Waals surface area (Å²) in [6.45, 7) is 0.370. The van der Waals surface area contributed by atoms with Gasteiger partial charge in [0.15, 0.2) is 0 Å². The average Bonchev–Trinajstić information content (AvgIpc) is 3.17. The fourth-order valence-corrected chi connectivity index (χ4v) is 2.46. The van der Waals surface area contributed by atoms with Crippen LogP contribution in [0.3, 0.4) is 0 Å². The van der Waals surface area contributed by atoms with Crippen LogP contribution in [-0.2, 0) is 9.59 Å². The lowest BCUT2D eigenvalue weighted by molar-refractivity contribution is -0.122. The summed E-state index contributed by atoms with van der Waals surface area (Å²) in [5.41, 5.74) is 1.37. The minimum Gasteiger partial charge on any atom is -0.497 e. The Morgan fingerprint density at radius 3 is 2.82 bits per heavy atom. The molecule has 2 N–H and O–H groups in total. The van der Waals surface area contributed by atoms with Crippen molar-refractivity contribution in [3.8, 4) is 5.75 Å². The second kappa shape index (κ2) is 5.88. The molecule has 114 valence electrons. The molecule has 7 nitrogen and oxygen atoms in total. The fraction of sp³-hybridized carbons (Fsp3) is 0.267. The summed E-state index contributed by atoms with van der Waals surface area (Å²) in [4.78, 5) is 26.0. The molecule has 0 radical (unpaired) electrons. The molecule has 0 saturated carbocycles. The molecule has 2 heterocycles. The summed E-state index contributed by atoms with van der Waals surface area (Å²) in [5, 5.41) is 9.14. The quantitative estimate of drug-likeness (QED) is 0.893. The molecule has 0 aliphatic carbocycles. The van der Waals surface area contributed by atoms with Crippen molar-refractivity contribution in [2.45, 2.75) is 6.42 Å². The first-order chi connectivity index (χ1) is 10.7. The maximum atomic E-state index is 12.2. The molecule has 1 aliphatic rings. The fourth-order valence-electron chi connectivity index (χ4n) is 2.46. The Bertz CT molecular complexity index is 667. The molecule has 2 aromatic rings. The van der Waals surface area contributed by atoms with E-state index in [1.807, 2.05) is 12.1 Å². The van der Waals surface area contributed by atoms with Gasteiger partial charge in [0.2, 0.25) is 11.8 Å². The van der Waals surface area contributed by atoms with Gasteiger partial charge in [0, 0.05) is 24.8 Å². The van der Waals surface area contributed by atoms with Crippen molar-refractivity contribution in [1.29, 1.82) is 0 Å². The summed E-state index contributed by atoms with van der Waals surface area (Å²) in [6, 6.07) is 7.21. The van der Waals surface area contributed by atoms with Gasteiger partial charge in [-0.1, -0.05) is 0 Å². The number of ether oxygens (including phenoxy) is 1. The normalized spacial score (nSPS) is 17.6. The van der Waals surface area contributed by atoms with Crippen molar-refractivity contribution >= 4 is 23.2 Å². The van der Waals surface area contributed by atoms with Crippen LogP contribution in [-0.4, -0.2) is 35.7 Å². The zero-order valence-electron chi connectivity index (χ0n) is 12.1. The van der Waals surface area contributed by atoms with Crippen LogP contribution in [0.1, 0.15) is 6.42 Å². The van der Waals surface area contributed by atoms with E-state index in [9.17, 15) is 9.59 Å². The molecule has 1 aromatic carbocycles. The number of anilines is 2. The number of hydrogen-bond donors (Lipinski definition) is 2. The van der Waals surface area contributed by atoms with Gasteiger partial charge in [0.1, 0.15) is 5.75 Å². The van der Waals surface area contributed by atoms with Crippen molar-refractivity contribution in [2.24, 2.45) is 5.92 Å². The Morgan fingerprint density at radius 1 is 1.41 bits per heavy atom. The third kappa shape index (κ3) is 2.78. The van der Waals surface area contributed by atoms with Gasteiger partial charge in [0.05, 0.1) is 24.9 Å². The number of H-pyrrole nitrogens is 1. The lowest BCUT2D eigenvalue weighted by Crippen LogP contribution is -2.28. The van der Waals surface area contributed by atoms with Gasteiger partial charge in [-0.3, -0.25) is 14.7 Å².